The van der Waals surface area contributed by atoms with Crippen LogP contribution in [-0.2, 0) is 9.59 Å². The lowest BCUT2D eigenvalue weighted by atomic mass is 9.95. The van der Waals surface area contributed by atoms with E-state index in [1.807, 2.05) is 26.0 Å². The van der Waals surface area contributed by atoms with Crippen LogP contribution in [0.3, 0.4) is 0 Å². The van der Waals surface area contributed by atoms with Crippen LogP contribution < -0.4 is 14.4 Å². The molecule has 7 heteroatoms. The fourth-order valence-corrected chi connectivity index (χ4v) is 4.08. The molecule has 0 spiro atoms. The van der Waals surface area contributed by atoms with Gasteiger partial charge in [-0.05, 0) is 66.9 Å². The quantitative estimate of drug-likeness (QED) is 0.358. The third kappa shape index (κ3) is 3.71. The maximum Gasteiger partial charge on any atom is 0.300 e. The number of hydrogen-bond donors (Lipinski definition) is 1. The number of pyridine rings is 1. The summed E-state index contributed by atoms with van der Waals surface area (Å²) in [7, 11) is 2.97. The molecule has 0 radical (unpaired) electrons. The zero-order chi connectivity index (χ0) is 23.7. The predicted octanol–water partition coefficient (Wildman–Crippen LogP) is 4.34. The second kappa shape index (κ2) is 8.78. The fraction of sp³-hybridized carbons (Fsp3) is 0.192. The highest BCUT2D eigenvalue weighted by molar-refractivity contribution is 6.51. The zero-order valence-corrected chi connectivity index (χ0v) is 18.8. The van der Waals surface area contributed by atoms with Crippen molar-refractivity contribution in [3.05, 3.63) is 88.8 Å². The van der Waals surface area contributed by atoms with Gasteiger partial charge >= 0.3 is 0 Å². The van der Waals surface area contributed by atoms with Gasteiger partial charge in [0, 0.05) is 18.1 Å². The Balaban J connectivity index is 2.01. The van der Waals surface area contributed by atoms with Gasteiger partial charge in [0.15, 0.2) is 0 Å². The molecule has 2 heterocycles. The summed E-state index contributed by atoms with van der Waals surface area (Å²) in [6, 6.07) is 13.1. The highest BCUT2D eigenvalue weighted by Crippen LogP contribution is 2.44. The first-order chi connectivity index (χ1) is 15.9. The summed E-state index contributed by atoms with van der Waals surface area (Å²) < 4.78 is 10.7. The van der Waals surface area contributed by atoms with Crippen LogP contribution in [0.2, 0.25) is 0 Å². The lowest BCUT2D eigenvalue weighted by Crippen LogP contribution is -2.30. The number of Topliss-reactive ketones (excluding diaryl/α,β-unsaturated/α-hetero) is 1. The van der Waals surface area contributed by atoms with E-state index >= 15 is 0 Å². The number of methoxy groups -OCH3 is 2. The van der Waals surface area contributed by atoms with Crippen LogP contribution in [0.15, 0.2) is 66.5 Å². The number of carbonyl (C=O) groups excluding carboxylic acids is 2. The van der Waals surface area contributed by atoms with Crippen LogP contribution in [-0.4, -0.2) is 36.0 Å². The standard InChI is InChI=1S/C26H24N2O5/c1-15-6-5-7-20(16(15)2)28-23(17-10-12-27-13-11-17)22(25(30)26(28)31)24(29)19-14-18(32-3)8-9-21(19)33-4/h5-14,23,29H,1-4H3/b24-22+. The van der Waals surface area contributed by atoms with Gasteiger partial charge in [0.25, 0.3) is 11.7 Å². The molecule has 1 amide bonds. The molecule has 168 valence electrons. The minimum Gasteiger partial charge on any atom is -0.507 e. The molecular weight excluding hydrogens is 420 g/mol. The molecule has 1 fully saturated rings. The van der Waals surface area contributed by atoms with Crippen molar-refractivity contribution in [3.63, 3.8) is 0 Å². The molecule has 1 aromatic heterocycles. The number of carbonyl (C=O) groups is 2. The molecule has 4 rings (SSSR count). The van der Waals surface area contributed by atoms with Gasteiger partial charge in [-0.2, -0.15) is 0 Å². The number of nitrogens with zero attached hydrogens (tertiary/aromatic N) is 2. The number of aliphatic hydroxyl groups excluding tert-OH is 1. The van der Waals surface area contributed by atoms with Gasteiger partial charge in [0.2, 0.25) is 0 Å². The molecule has 2 aromatic carbocycles. The molecule has 0 aliphatic carbocycles. The van der Waals surface area contributed by atoms with E-state index in [0.717, 1.165) is 11.1 Å². The lowest BCUT2D eigenvalue weighted by molar-refractivity contribution is -0.132. The van der Waals surface area contributed by atoms with E-state index in [0.29, 0.717) is 22.7 Å². The summed E-state index contributed by atoms with van der Waals surface area (Å²) in [5, 5.41) is 11.4. The summed E-state index contributed by atoms with van der Waals surface area (Å²) >= 11 is 0. The largest absolute Gasteiger partial charge is 0.507 e. The van der Waals surface area contributed by atoms with Crippen LogP contribution in [0.25, 0.3) is 5.76 Å². The van der Waals surface area contributed by atoms with Gasteiger partial charge in [0.05, 0.1) is 31.4 Å². The Kier molecular flexibility index (Phi) is 5.87. The number of aromatic nitrogens is 1. The first kappa shape index (κ1) is 22.1. The van der Waals surface area contributed by atoms with Crippen LogP contribution in [0.4, 0.5) is 5.69 Å². The van der Waals surface area contributed by atoms with Crippen molar-refractivity contribution in [1.29, 1.82) is 0 Å². The minimum absolute atomic E-state index is 0.0290. The number of benzene rings is 2. The van der Waals surface area contributed by atoms with Gasteiger partial charge in [-0.3, -0.25) is 19.5 Å². The van der Waals surface area contributed by atoms with E-state index < -0.39 is 17.7 Å². The third-order valence-corrected chi connectivity index (χ3v) is 5.96. The molecule has 1 aliphatic heterocycles. The Bertz CT molecular complexity index is 1270. The van der Waals surface area contributed by atoms with E-state index in [4.69, 9.17) is 9.47 Å². The van der Waals surface area contributed by atoms with Gasteiger partial charge in [-0.25, -0.2) is 0 Å². The predicted molar refractivity (Wildman–Crippen MR) is 124 cm³/mol. The number of aryl methyl sites for hydroxylation is 1. The van der Waals surface area contributed by atoms with Crippen LogP contribution in [0, 0.1) is 13.8 Å². The molecule has 1 unspecified atom stereocenters. The summed E-state index contributed by atoms with van der Waals surface area (Å²) in [5.74, 6) is -1.01. The number of anilines is 1. The van der Waals surface area contributed by atoms with Crippen molar-refractivity contribution in [2.75, 3.05) is 19.1 Å². The van der Waals surface area contributed by atoms with Crippen molar-refractivity contribution >= 4 is 23.1 Å². The number of hydrogen-bond acceptors (Lipinski definition) is 6. The van der Waals surface area contributed by atoms with Gasteiger partial charge in [0.1, 0.15) is 17.3 Å². The summed E-state index contributed by atoms with van der Waals surface area (Å²) in [6.07, 6.45) is 3.18. The number of ketones is 1. The SMILES string of the molecule is COc1ccc(OC)c(/C(O)=C2\C(=O)C(=O)N(c3cccc(C)c3C)C2c2ccncc2)c1. The lowest BCUT2D eigenvalue weighted by Gasteiger charge is -2.27. The first-order valence-electron chi connectivity index (χ1n) is 10.4. The second-order valence-electron chi connectivity index (χ2n) is 7.73. The average Bonchev–Trinajstić information content (AvgIpc) is 3.10. The van der Waals surface area contributed by atoms with Crippen molar-refractivity contribution in [2.45, 2.75) is 19.9 Å². The Labute approximate surface area is 191 Å². The van der Waals surface area contributed by atoms with Crippen LogP contribution in [0.1, 0.15) is 28.3 Å². The van der Waals surface area contributed by atoms with Crippen molar-refractivity contribution < 1.29 is 24.2 Å². The molecular formula is C26H24N2O5. The number of ether oxygens (including phenoxy) is 2. The topological polar surface area (TPSA) is 89.0 Å². The molecule has 33 heavy (non-hydrogen) atoms. The summed E-state index contributed by atoms with van der Waals surface area (Å²) in [4.78, 5) is 32.2. The van der Waals surface area contributed by atoms with Gasteiger partial charge in [-0.1, -0.05) is 12.1 Å². The van der Waals surface area contributed by atoms with Crippen molar-refractivity contribution in [2.24, 2.45) is 0 Å². The Hall–Kier alpha value is -4.13. The maximum absolute atomic E-state index is 13.3. The van der Waals surface area contributed by atoms with Gasteiger partial charge < -0.3 is 14.6 Å². The van der Waals surface area contributed by atoms with E-state index in [1.165, 1.54) is 19.1 Å². The maximum atomic E-state index is 13.3. The Morgan fingerprint density at radius 2 is 1.73 bits per heavy atom. The normalized spacial score (nSPS) is 17.3. The Morgan fingerprint density at radius 3 is 2.39 bits per heavy atom. The summed E-state index contributed by atoms with van der Waals surface area (Å²) in [5.41, 5.74) is 3.34. The van der Waals surface area contributed by atoms with Crippen LogP contribution in [0.5, 0.6) is 11.5 Å². The smallest absolute Gasteiger partial charge is 0.300 e. The molecule has 1 atom stereocenters. The second-order valence-corrected chi connectivity index (χ2v) is 7.73. The number of rotatable bonds is 5. The molecule has 0 bridgehead atoms. The molecule has 1 saturated heterocycles. The fourth-order valence-electron chi connectivity index (χ4n) is 4.08. The average molecular weight is 444 g/mol. The molecule has 0 saturated carbocycles. The van der Waals surface area contributed by atoms with Crippen LogP contribution >= 0.6 is 0 Å². The molecule has 1 N–H and O–H groups in total. The number of aliphatic hydroxyl groups is 1. The van der Waals surface area contributed by atoms with E-state index in [2.05, 4.69) is 4.98 Å². The summed E-state index contributed by atoms with van der Waals surface area (Å²) in [6.45, 7) is 3.84. The zero-order valence-electron chi connectivity index (χ0n) is 18.8. The third-order valence-electron chi connectivity index (χ3n) is 5.96. The van der Waals surface area contributed by atoms with Crippen molar-refractivity contribution in [1.82, 2.24) is 4.98 Å². The minimum atomic E-state index is -0.843. The molecule has 1 aliphatic rings. The molecule has 7 nitrogen and oxygen atoms in total. The molecule has 3 aromatic rings. The monoisotopic (exact) mass is 444 g/mol. The van der Waals surface area contributed by atoms with E-state index in [9.17, 15) is 14.7 Å². The highest BCUT2D eigenvalue weighted by Gasteiger charge is 2.47. The van der Waals surface area contributed by atoms with E-state index in [1.54, 1.807) is 48.8 Å². The highest BCUT2D eigenvalue weighted by atomic mass is 16.5. The Morgan fingerprint density at radius 1 is 1.00 bits per heavy atom. The first-order valence-corrected chi connectivity index (χ1v) is 10.4. The van der Waals surface area contributed by atoms with Crippen molar-refractivity contribution in [3.8, 4) is 11.5 Å². The van der Waals surface area contributed by atoms with Gasteiger partial charge in [-0.15, -0.1) is 0 Å². The van der Waals surface area contributed by atoms with E-state index in [-0.39, 0.29) is 16.9 Å². The number of amides is 1.